The Labute approximate surface area is 162 Å². The number of sulfonamides is 1. The Bertz CT molecular complexity index is 724. The minimum Gasteiger partial charge on any atom is -0.333 e. The smallest absolute Gasteiger partial charge is 0.254 e. The minimum atomic E-state index is -3.49. The molecule has 0 bridgehead atoms. The molecule has 2 fully saturated rings. The molecule has 0 aliphatic carbocycles. The zero-order chi connectivity index (χ0) is 18.0. The van der Waals surface area contributed by atoms with Crippen LogP contribution >= 0.6 is 12.4 Å². The maximum atomic E-state index is 12.9. The van der Waals surface area contributed by atoms with E-state index in [4.69, 9.17) is 0 Å². The van der Waals surface area contributed by atoms with Crippen LogP contribution in [-0.4, -0.2) is 61.8 Å². The van der Waals surface area contributed by atoms with E-state index in [2.05, 4.69) is 5.32 Å². The lowest BCUT2D eigenvalue weighted by molar-refractivity contribution is 0.0655. The molecule has 0 saturated carbocycles. The standard InChI is InChI=1S/C18H27N3O3S.ClH/c1-14-5-3-4-11-21(14)25(23,24)17-8-6-16(7-9-17)18(22)20-12-10-19-13-15(20)2;/h6-9,14-15,19H,3-5,10-13H2,1-2H3;1H/t14?,15-;/m1./s1. The van der Waals surface area contributed by atoms with E-state index >= 15 is 0 Å². The average Bonchev–Trinajstić information content (AvgIpc) is 2.62. The van der Waals surface area contributed by atoms with E-state index in [1.807, 2.05) is 18.7 Å². The zero-order valence-electron chi connectivity index (χ0n) is 15.3. The monoisotopic (exact) mass is 401 g/mol. The highest BCUT2D eigenvalue weighted by Gasteiger charge is 2.31. The highest BCUT2D eigenvalue weighted by atomic mass is 35.5. The summed E-state index contributed by atoms with van der Waals surface area (Å²) >= 11 is 0. The number of hydrogen-bond acceptors (Lipinski definition) is 4. The fraction of sp³-hybridized carbons (Fsp3) is 0.611. The van der Waals surface area contributed by atoms with Gasteiger partial charge < -0.3 is 10.2 Å². The lowest BCUT2D eigenvalue weighted by atomic mass is 10.1. The fourth-order valence-electron chi connectivity index (χ4n) is 3.64. The van der Waals surface area contributed by atoms with Gasteiger partial charge in [-0.05, 0) is 51.0 Å². The van der Waals surface area contributed by atoms with Crippen LogP contribution in [0.2, 0.25) is 0 Å². The Hall–Kier alpha value is -1.15. The maximum absolute atomic E-state index is 12.9. The third kappa shape index (κ3) is 4.22. The number of carbonyl (C=O) groups is 1. The van der Waals surface area contributed by atoms with Crippen molar-refractivity contribution in [2.75, 3.05) is 26.2 Å². The summed E-state index contributed by atoms with van der Waals surface area (Å²) in [6, 6.07) is 6.57. The first-order chi connectivity index (χ1) is 11.9. The summed E-state index contributed by atoms with van der Waals surface area (Å²) in [5.41, 5.74) is 0.541. The van der Waals surface area contributed by atoms with Gasteiger partial charge in [0.1, 0.15) is 0 Å². The van der Waals surface area contributed by atoms with Crippen molar-refractivity contribution < 1.29 is 13.2 Å². The summed E-state index contributed by atoms with van der Waals surface area (Å²) < 4.78 is 27.3. The number of carbonyl (C=O) groups excluding carboxylic acids is 1. The Balaban J connectivity index is 0.00000243. The molecule has 1 unspecified atom stereocenters. The summed E-state index contributed by atoms with van der Waals surface area (Å²) in [6.07, 6.45) is 2.88. The molecule has 1 aromatic rings. The number of hydrogen-bond donors (Lipinski definition) is 1. The zero-order valence-corrected chi connectivity index (χ0v) is 17.0. The van der Waals surface area contributed by atoms with Crippen LogP contribution in [0.5, 0.6) is 0 Å². The molecule has 2 atom stereocenters. The van der Waals surface area contributed by atoms with Crippen molar-refractivity contribution >= 4 is 28.3 Å². The van der Waals surface area contributed by atoms with Crippen molar-refractivity contribution in [1.82, 2.24) is 14.5 Å². The predicted molar refractivity (Wildman–Crippen MR) is 104 cm³/mol. The minimum absolute atomic E-state index is 0. The molecule has 1 aromatic carbocycles. The van der Waals surface area contributed by atoms with Gasteiger partial charge in [0.25, 0.3) is 5.91 Å². The molecular formula is C18H28ClN3O3S. The Morgan fingerprint density at radius 1 is 1.08 bits per heavy atom. The lowest BCUT2D eigenvalue weighted by Crippen LogP contribution is -2.52. The Morgan fingerprint density at radius 3 is 2.38 bits per heavy atom. The van der Waals surface area contributed by atoms with Crippen molar-refractivity contribution in [3.63, 3.8) is 0 Å². The highest BCUT2D eigenvalue weighted by Crippen LogP contribution is 2.25. The summed E-state index contributed by atoms with van der Waals surface area (Å²) in [5.74, 6) is -0.0377. The van der Waals surface area contributed by atoms with Gasteiger partial charge in [-0.1, -0.05) is 6.42 Å². The second-order valence-electron chi connectivity index (χ2n) is 7.04. The van der Waals surface area contributed by atoms with Crippen molar-refractivity contribution in [1.29, 1.82) is 0 Å². The largest absolute Gasteiger partial charge is 0.333 e. The van der Waals surface area contributed by atoms with Crippen molar-refractivity contribution in [3.8, 4) is 0 Å². The molecule has 26 heavy (non-hydrogen) atoms. The van der Waals surface area contributed by atoms with Crippen LogP contribution in [0.4, 0.5) is 0 Å². The first kappa shape index (κ1) is 21.2. The highest BCUT2D eigenvalue weighted by molar-refractivity contribution is 7.89. The number of rotatable bonds is 3. The van der Waals surface area contributed by atoms with E-state index in [0.29, 0.717) is 18.7 Å². The van der Waals surface area contributed by atoms with Gasteiger partial charge in [-0.2, -0.15) is 4.31 Å². The number of nitrogens with zero attached hydrogens (tertiary/aromatic N) is 2. The number of nitrogens with one attached hydrogen (secondary N) is 1. The van der Waals surface area contributed by atoms with Crippen LogP contribution in [-0.2, 0) is 10.0 Å². The summed E-state index contributed by atoms with van der Waals surface area (Å²) in [5, 5.41) is 3.26. The second-order valence-corrected chi connectivity index (χ2v) is 8.93. The van der Waals surface area contributed by atoms with Crippen LogP contribution in [0.1, 0.15) is 43.5 Å². The Morgan fingerprint density at radius 2 is 1.77 bits per heavy atom. The number of piperazine rings is 1. The molecule has 0 spiro atoms. The SMILES string of the molecule is CC1CCCCN1S(=O)(=O)c1ccc(C(=O)N2CCNC[C@H]2C)cc1.Cl. The van der Waals surface area contributed by atoms with Gasteiger partial charge in [-0.15, -0.1) is 12.4 Å². The third-order valence-corrected chi connectivity index (χ3v) is 7.24. The fourth-order valence-corrected chi connectivity index (χ4v) is 5.34. The normalized spacial score (nSPS) is 24.8. The van der Waals surface area contributed by atoms with Crippen molar-refractivity contribution in [2.24, 2.45) is 0 Å². The molecule has 0 aromatic heterocycles. The van der Waals surface area contributed by atoms with Crippen LogP contribution in [0, 0.1) is 0 Å². The average molecular weight is 402 g/mol. The summed E-state index contributed by atoms with van der Waals surface area (Å²) in [6.45, 7) is 6.79. The predicted octanol–water partition coefficient (Wildman–Crippen LogP) is 2.11. The van der Waals surface area contributed by atoms with Gasteiger partial charge in [-0.3, -0.25) is 4.79 Å². The Kier molecular flexibility index (Phi) is 7.07. The van der Waals surface area contributed by atoms with Gasteiger partial charge in [0.05, 0.1) is 4.90 Å². The maximum Gasteiger partial charge on any atom is 0.254 e. The number of benzene rings is 1. The number of amides is 1. The molecule has 3 rings (SSSR count). The molecule has 2 saturated heterocycles. The van der Waals surface area contributed by atoms with E-state index in [-0.39, 0.29) is 35.3 Å². The quantitative estimate of drug-likeness (QED) is 0.842. The summed E-state index contributed by atoms with van der Waals surface area (Å²) in [4.78, 5) is 14.8. The molecule has 1 amide bonds. The molecule has 146 valence electrons. The topological polar surface area (TPSA) is 69.7 Å². The molecule has 2 aliphatic heterocycles. The number of piperidine rings is 1. The van der Waals surface area contributed by atoms with Crippen LogP contribution in [0.3, 0.4) is 0 Å². The lowest BCUT2D eigenvalue weighted by Gasteiger charge is -2.34. The van der Waals surface area contributed by atoms with Gasteiger partial charge in [0.15, 0.2) is 0 Å². The first-order valence-electron chi connectivity index (χ1n) is 9.05. The van der Waals surface area contributed by atoms with E-state index in [1.165, 1.54) is 0 Å². The van der Waals surface area contributed by atoms with Crippen LogP contribution in [0.25, 0.3) is 0 Å². The van der Waals surface area contributed by atoms with E-state index in [0.717, 1.165) is 32.4 Å². The van der Waals surface area contributed by atoms with Crippen LogP contribution < -0.4 is 5.32 Å². The van der Waals surface area contributed by atoms with E-state index in [9.17, 15) is 13.2 Å². The first-order valence-corrected chi connectivity index (χ1v) is 10.5. The van der Waals surface area contributed by atoms with Crippen molar-refractivity contribution in [3.05, 3.63) is 29.8 Å². The van der Waals surface area contributed by atoms with E-state index < -0.39 is 10.0 Å². The van der Waals surface area contributed by atoms with E-state index in [1.54, 1.807) is 28.6 Å². The molecular weight excluding hydrogens is 374 g/mol. The van der Waals surface area contributed by atoms with Gasteiger partial charge >= 0.3 is 0 Å². The molecule has 2 aliphatic rings. The van der Waals surface area contributed by atoms with Crippen LogP contribution in [0.15, 0.2) is 29.2 Å². The summed E-state index contributed by atoms with van der Waals surface area (Å²) in [7, 11) is -3.49. The third-order valence-electron chi connectivity index (χ3n) is 5.21. The van der Waals surface area contributed by atoms with Crippen molar-refractivity contribution in [2.45, 2.75) is 50.1 Å². The molecule has 1 N–H and O–H groups in total. The number of halogens is 1. The molecule has 6 nitrogen and oxygen atoms in total. The van der Waals surface area contributed by atoms with Gasteiger partial charge in [0, 0.05) is 43.8 Å². The second kappa shape index (κ2) is 8.69. The molecule has 0 radical (unpaired) electrons. The van der Waals surface area contributed by atoms with Gasteiger partial charge in [0.2, 0.25) is 10.0 Å². The van der Waals surface area contributed by atoms with Gasteiger partial charge in [-0.25, -0.2) is 8.42 Å². The molecule has 8 heteroatoms. The molecule has 2 heterocycles.